The standard InChI is InChI=1S/C13H18ClNO2/c1-10-4-5-12(11(2)8-10)9-15(13(14)16)6-7-17-3/h4-5,8H,6-7,9H2,1-3H3. The summed E-state index contributed by atoms with van der Waals surface area (Å²) >= 11 is 5.54. The summed E-state index contributed by atoms with van der Waals surface area (Å²) in [5.74, 6) is 0. The third-order valence-corrected chi connectivity index (χ3v) is 2.91. The first-order valence-electron chi connectivity index (χ1n) is 5.54. The third kappa shape index (κ3) is 4.36. The molecule has 0 fully saturated rings. The molecule has 0 spiro atoms. The molecule has 4 heteroatoms. The molecule has 0 aromatic heterocycles. The van der Waals surface area contributed by atoms with E-state index in [0.717, 1.165) is 5.56 Å². The minimum atomic E-state index is -0.443. The average molecular weight is 256 g/mol. The molecule has 0 N–H and O–H groups in total. The Morgan fingerprint density at radius 3 is 2.65 bits per heavy atom. The molecular formula is C13H18ClNO2. The summed E-state index contributed by atoms with van der Waals surface area (Å²) in [5, 5.41) is -0.443. The van der Waals surface area contributed by atoms with Gasteiger partial charge in [0.05, 0.1) is 6.61 Å². The Bertz CT molecular complexity index is 393. The van der Waals surface area contributed by atoms with E-state index in [1.165, 1.54) is 11.1 Å². The molecule has 17 heavy (non-hydrogen) atoms. The maximum atomic E-state index is 11.3. The predicted molar refractivity (Wildman–Crippen MR) is 69.5 cm³/mol. The lowest BCUT2D eigenvalue weighted by Crippen LogP contribution is -2.29. The van der Waals surface area contributed by atoms with E-state index in [1.807, 2.05) is 26.0 Å². The van der Waals surface area contributed by atoms with Crippen molar-refractivity contribution in [3.05, 3.63) is 34.9 Å². The normalized spacial score (nSPS) is 10.4. The summed E-state index contributed by atoms with van der Waals surface area (Å²) in [5.41, 5.74) is 3.50. The molecule has 0 aliphatic carbocycles. The summed E-state index contributed by atoms with van der Waals surface area (Å²) in [6.07, 6.45) is 0. The molecule has 0 saturated heterocycles. The second-order valence-corrected chi connectivity index (χ2v) is 4.42. The molecule has 0 saturated carbocycles. The van der Waals surface area contributed by atoms with Crippen LogP contribution in [0, 0.1) is 13.8 Å². The van der Waals surface area contributed by atoms with Crippen LogP contribution in [-0.4, -0.2) is 30.5 Å². The minimum Gasteiger partial charge on any atom is -0.383 e. The second kappa shape index (κ2) is 6.62. The largest absolute Gasteiger partial charge is 0.383 e. The van der Waals surface area contributed by atoms with Crippen molar-refractivity contribution in [1.82, 2.24) is 4.90 Å². The second-order valence-electron chi connectivity index (χ2n) is 4.10. The predicted octanol–water partition coefficient (Wildman–Crippen LogP) is 3.11. The van der Waals surface area contributed by atoms with Gasteiger partial charge in [0, 0.05) is 20.2 Å². The smallest absolute Gasteiger partial charge is 0.316 e. The Hall–Kier alpha value is -1.06. The van der Waals surface area contributed by atoms with Crippen LogP contribution in [0.3, 0.4) is 0 Å². The van der Waals surface area contributed by atoms with E-state index in [9.17, 15) is 4.79 Å². The zero-order valence-corrected chi connectivity index (χ0v) is 11.3. The molecule has 1 aromatic carbocycles. The lowest BCUT2D eigenvalue weighted by Gasteiger charge is -2.20. The van der Waals surface area contributed by atoms with Gasteiger partial charge in [-0.2, -0.15) is 0 Å². The highest BCUT2D eigenvalue weighted by Crippen LogP contribution is 2.14. The van der Waals surface area contributed by atoms with Crippen LogP contribution >= 0.6 is 11.6 Å². The first kappa shape index (κ1) is 14.0. The van der Waals surface area contributed by atoms with Crippen LogP contribution in [0.15, 0.2) is 18.2 Å². The molecule has 0 heterocycles. The van der Waals surface area contributed by atoms with Crippen molar-refractivity contribution in [2.24, 2.45) is 0 Å². The Morgan fingerprint density at radius 2 is 2.12 bits per heavy atom. The first-order valence-corrected chi connectivity index (χ1v) is 5.92. The highest BCUT2D eigenvalue weighted by Gasteiger charge is 2.12. The molecule has 3 nitrogen and oxygen atoms in total. The summed E-state index contributed by atoms with van der Waals surface area (Å²) < 4.78 is 4.96. The number of methoxy groups -OCH3 is 1. The fraction of sp³-hybridized carbons (Fsp3) is 0.462. The number of carbonyl (C=O) groups is 1. The van der Waals surface area contributed by atoms with Gasteiger partial charge in [-0.3, -0.25) is 4.79 Å². The molecule has 1 aromatic rings. The topological polar surface area (TPSA) is 29.5 Å². The minimum absolute atomic E-state index is 0.443. The van der Waals surface area contributed by atoms with Crippen LogP contribution < -0.4 is 0 Å². The van der Waals surface area contributed by atoms with E-state index < -0.39 is 5.37 Å². The van der Waals surface area contributed by atoms with Gasteiger partial charge in [-0.25, -0.2) is 0 Å². The summed E-state index contributed by atoms with van der Waals surface area (Å²) in [4.78, 5) is 12.8. The van der Waals surface area contributed by atoms with Gasteiger partial charge in [-0.15, -0.1) is 0 Å². The van der Waals surface area contributed by atoms with Crippen molar-refractivity contribution in [3.63, 3.8) is 0 Å². The van der Waals surface area contributed by atoms with Crippen molar-refractivity contribution in [3.8, 4) is 0 Å². The number of hydrogen-bond acceptors (Lipinski definition) is 2. The number of ether oxygens (including phenoxy) is 1. The molecule has 0 aliphatic rings. The Balaban J connectivity index is 2.75. The van der Waals surface area contributed by atoms with E-state index in [4.69, 9.17) is 16.3 Å². The maximum Gasteiger partial charge on any atom is 0.316 e. The van der Waals surface area contributed by atoms with Crippen LogP contribution in [0.1, 0.15) is 16.7 Å². The highest BCUT2D eigenvalue weighted by molar-refractivity contribution is 6.62. The number of nitrogens with zero attached hydrogens (tertiary/aromatic N) is 1. The van der Waals surface area contributed by atoms with Gasteiger partial charge >= 0.3 is 5.37 Å². The number of hydrogen-bond donors (Lipinski definition) is 0. The third-order valence-electron chi connectivity index (χ3n) is 2.67. The number of halogens is 1. The molecule has 0 bridgehead atoms. The molecule has 0 radical (unpaired) electrons. The van der Waals surface area contributed by atoms with Crippen molar-refractivity contribution < 1.29 is 9.53 Å². The molecule has 0 aliphatic heterocycles. The van der Waals surface area contributed by atoms with Gasteiger partial charge < -0.3 is 9.64 Å². The van der Waals surface area contributed by atoms with Crippen molar-refractivity contribution in [2.75, 3.05) is 20.3 Å². The average Bonchev–Trinajstić information content (AvgIpc) is 2.26. The van der Waals surface area contributed by atoms with Crippen LogP contribution in [0.4, 0.5) is 4.79 Å². The van der Waals surface area contributed by atoms with Gasteiger partial charge in [-0.05, 0) is 36.6 Å². The number of benzene rings is 1. The van der Waals surface area contributed by atoms with Crippen molar-refractivity contribution >= 4 is 17.0 Å². The monoisotopic (exact) mass is 255 g/mol. The van der Waals surface area contributed by atoms with E-state index in [2.05, 4.69) is 6.07 Å². The molecule has 94 valence electrons. The van der Waals surface area contributed by atoms with Gasteiger partial charge in [0.25, 0.3) is 0 Å². The zero-order chi connectivity index (χ0) is 12.8. The van der Waals surface area contributed by atoms with Crippen molar-refractivity contribution in [2.45, 2.75) is 20.4 Å². The summed E-state index contributed by atoms with van der Waals surface area (Å²) in [6, 6.07) is 6.17. The first-order chi connectivity index (χ1) is 8.04. The van der Waals surface area contributed by atoms with Crippen LogP contribution in [0.2, 0.25) is 0 Å². The molecular weight excluding hydrogens is 238 g/mol. The molecule has 0 atom stereocenters. The number of rotatable bonds is 5. The number of aryl methyl sites for hydroxylation is 2. The van der Waals surface area contributed by atoms with Crippen LogP contribution in [0.25, 0.3) is 0 Å². The quantitative estimate of drug-likeness (QED) is 0.598. The van der Waals surface area contributed by atoms with E-state index >= 15 is 0 Å². The van der Waals surface area contributed by atoms with Crippen LogP contribution in [-0.2, 0) is 11.3 Å². The fourth-order valence-electron chi connectivity index (χ4n) is 1.66. The highest BCUT2D eigenvalue weighted by atomic mass is 35.5. The molecule has 0 unspecified atom stereocenters. The Morgan fingerprint density at radius 1 is 1.41 bits per heavy atom. The van der Waals surface area contributed by atoms with Gasteiger partial charge in [0.2, 0.25) is 0 Å². The van der Waals surface area contributed by atoms with Gasteiger partial charge in [0.15, 0.2) is 0 Å². The lowest BCUT2D eigenvalue weighted by atomic mass is 10.1. The molecule has 1 amide bonds. The van der Waals surface area contributed by atoms with Crippen LogP contribution in [0.5, 0.6) is 0 Å². The van der Waals surface area contributed by atoms with E-state index in [0.29, 0.717) is 19.7 Å². The van der Waals surface area contributed by atoms with Gasteiger partial charge in [-0.1, -0.05) is 23.8 Å². The Labute approximate surface area is 107 Å². The Kier molecular flexibility index (Phi) is 5.45. The molecule has 1 rings (SSSR count). The summed E-state index contributed by atoms with van der Waals surface area (Å²) in [7, 11) is 1.61. The SMILES string of the molecule is COCCN(Cc1ccc(C)cc1C)C(=O)Cl. The number of amides is 1. The summed E-state index contributed by atoms with van der Waals surface area (Å²) in [6.45, 7) is 5.61. The van der Waals surface area contributed by atoms with E-state index in [-0.39, 0.29) is 0 Å². The van der Waals surface area contributed by atoms with Crippen molar-refractivity contribution in [1.29, 1.82) is 0 Å². The van der Waals surface area contributed by atoms with Gasteiger partial charge in [0.1, 0.15) is 0 Å². The maximum absolute atomic E-state index is 11.3. The zero-order valence-electron chi connectivity index (χ0n) is 10.5. The van der Waals surface area contributed by atoms with E-state index in [1.54, 1.807) is 12.0 Å². The lowest BCUT2D eigenvalue weighted by molar-refractivity contribution is 0.157. The fourth-order valence-corrected chi connectivity index (χ4v) is 1.80. The number of carbonyl (C=O) groups excluding carboxylic acids is 1.